The first kappa shape index (κ1) is 20.0. The number of hydrogen-bond acceptors (Lipinski definition) is 5. The van der Waals surface area contributed by atoms with Crippen LogP contribution in [0, 0.1) is 6.92 Å². The first-order valence-corrected chi connectivity index (χ1v) is 9.76. The van der Waals surface area contributed by atoms with Gasteiger partial charge in [-0.15, -0.1) is 0 Å². The summed E-state index contributed by atoms with van der Waals surface area (Å²) < 4.78 is 5.26. The lowest BCUT2D eigenvalue weighted by Gasteiger charge is -2.12. The normalized spacial score (nSPS) is 10.5. The van der Waals surface area contributed by atoms with Crippen molar-refractivity contribution in [3.63, 3.8) is 0 Å². The van der Waals surface area contributed by atoms with E-state index < -0.39 is 0 Å². The monoisotopic (exact) mass is 415 g/mol. The van der Waals surface area contributed by atoms with Gasteiger partial charge in [-0.2, -0.15) is 0 Å². The van der Waals surface area contributed by atoms with Crippen molar-refractivity contribution in [2.24, 2.45) is 0 Å². The van der Waals surface area contributed by atoms with Crippen LogP contribution in [0.15, 0.2) is 58.5 Å². The highest BCUT2D eigenvalue weighted by Crippen LogP contribution is 2.31. The van der Waals surface area contributed by atoms with E-state index in [0.29, 0.717) is 27.3 Å². The quantitative estimate of drug-likeness (QED) is 0.467. The lowest BCUT2D eigenvalue weighted by atomic mass is 10.1. The maximum absolute atomic E-state index is 12.3. The summed E-state index contributed by atoms with van der Waals surface area (Å²) in [6.45, 7) is 1.84. The van der Waals surface area contributed by atoms with Crippen molar-refractivity contribution in [1.82, 2.24) is 9.97 Å². The van der Waals surface area contributed by atoms with E-state index in [1.54, 1.807) is 12.1 Å². The highest BCUT2D eigenvalue weighted by molar-refractivity contribution is 7.99. The zero-order valence-corrected chi connectivity index (χ0v) is 16.9. The van der Waals surface area contributed by atoms with E-state index in [1.165, 1.54) is 13.2 Å². The summed E-state index contributed by atoms with van der Waals surface area (Å²) in [5, 5.41) is 3.73. The third kappa shape index (κ3) is 4.94. The average molecular weight is 416 g/mol. The Balaban J connectivity index is 1.71. The van der Waals surface area contributed by atoms with Gasteiger partial charge in [0.25, 0.3) is 5.56 Å². The SMILES string of the molecule is COc1cc(Cl)c(C)cc1NC(=O)CSc1nc(-c2ccccc2)cc(=O)[nH]1. The average Bonchev–Trinajstić information content (AvgIpc) is 2.69. The van der Waals surface area contributed by atoms with Crippen LogP contribution in [0.1, 0.15) is 5.56 Å². The molecule has 0 spiro atoms. The largest absolute Gasteiger partial charge is 0.495 e. The van der Waals surface area contributed by atoms with Crippen LogP contribution >= 0.6 is 23.4 Å². The minimum atomic E-state index is -0.272. The Hall–Kier alpha value is -2.77. The van der Waals surface area contributed by atoms with E-state index >= 15 is 0 Å². The Morgan fingerprint density at radius 2 is 2.00 bits per heavy atom. The van der Waals surface area contributed by atoms with Crippen molar-refractivity contribution in [1.29, 1.82) is 0 Å². The number of nitrogens with one attached hydrogen (secondary N) is 2. The molecule has 1 heterocycles. The lowest BCUT2D eigenvalue weighted by molar-refractivity contribution is -0.113. The fraction of sp³-hybridized carbons (Fsp3) is 0.150. The van der Waals surface area contributed by atoms with Crippen molar-refractivity contribution in [3.05, 3.63) is 69.5 Å². The highest BCUT2D eigenvalue weighted by Gasteiger charge is 2.12. The second-order valence-electron chi connectivity index (χ2n) is 5.94. The molecule has 0 aliphatic carbocycles. The molecule has 8 heteroatoms. The highest BCUT2D eigenvalue weighted by atomic mass is 35.5. The van der Waals surface area contributed by atoms with Crippen LogP contribution in [0.2, 0.25) is 5.02 Å². The van der Waals surface area contributed by atoms with Gasteiger partial charge in [-0.3, -0.25) is 9.59 Å². The molecule has 0 radical (unpaired) electrons. The van der Waals surface area contributed by atoms with E-state index in [2.05, 4.69) is 15.3 Å². The number of rotatable bonds is 6. The van der Waals surface area contributed by atoms with Gasteiger partial charge in [-0.1, -0.05) is 53.7 Å². The molecule has 0 unspecified atom stereocenters. The van der Waals surface area contributed by atoms with Crippen molar-refractivity contribution < 1.29 is 9.53 Å². The number of amides is 1. The summed E-state index contributed by atoms with van der Waals surface area (Å²) in [4.78, 5) is 31.4. The Morgan fingerprint density at radius 3 is 2.71 bits per heavy atom. The Bertz CT molecular complexity index is 1050. The number of H-pyrrole nitrogens is 1. The molecule has 2 aromatic carbocycles. The number of aromatic nitrogens is 2. The van der Waals surface area contributed by atoms with Gasteiger partial charge in [-0.05, 0) is 18.6 Å². The number of carbonyl (C=O) groups excluding carboxylic acids is 1. The van der Waals surface area contributed by atoms with E-state index in [9.17, 15) is 9.59 Å². The summed E-state index contributed by atoms with van der Waals surface area (Å²) >= 11 is 7.23. The first-order chi connectivity index (χ1) is 13.5. The second kappa shape index (κ2) is 8.95. The van der Waals surface area contributed by atoms with Crippen LogP contribution < -0.4 is 15.6 Å². The van der Waals surface area contributed by atoms with Crippen LogP contribution in [0.4, 0.5) is 5.69 Å². The van der Waals surface area contributed by atoms with Crippen LogP contribution in [0.3, 0.4) is 0 Å². The molecule has 0 saturated carbocycles. The Labute approximate surface area is 171 Å². The zero-order valence-electron chi connectivity index (χ0n) is 15.3. The summed E-state index contributed by atoms with van der Waals surface area (Å²) in [6.07, 6.45) is 0. The maximum atomic E-state index is 12.3. The van der Waals surface area contributed by atoms with Crippen LogP contribution in [-0.2, 0) is 4.79 Å². The van der Waals surface area contributed by atoms with Gasteiger partial charge in [0.15, 0.2) is 5.16 Å². The zero-order chi connectivity index (χ0) is 20.1. The Morgan fingerprint density at radius 1 is 1.25 bits per heavy atom. The molecular weight excluding hydrogens is 398 g/mol. The van der Waals surface area contributed by atoms with Gasteiger partial charge in [0.1, 0.15) is 5.75 Å². The molecule has 3 rings (SSSR count). The van der Waals surface area contributed by atoms with Gasteiger partial charge < -0.3 is 15.0 Å². The summed E-state index contributed by atoms with van der Waals surface area (Å²) in [7, 11) is 1.51. The van der Waals surface area contributed by atoms with Crippen molar-refractivity contribution in [3.8, 4) is 17.0 Å². The molecule has 2 N–H and O–H groups in total. The molecule has 6 nitrogen and oxygen atoms in total. The first-order valence-electron chi connectivity index (χ1n) is 8.40. The lowest BCUT2D eigenvalue weighted by Crippen LogP contribution is -2.16. The number of carbonyl (C=O) groups is 1. The number of aromatic amines is 1. The predicted octanol–water partition coefficient (Wildman–Crippen LogP) is 4.14. The number of anilines is 1. The number of aryl methyl sites for hydroxylation is 1. The second-order valence-corrected chi connectivity index (χ2v) is 7.31. The third-order valence-corrected chi connectivity index (χ3v) is 5.16. The topological polar surface area (TPSA) is 84.1 Å². The number of benzene rings is 2. The van der Waals surface area contributed by atoms with Gasteiger partial charge in [0.05, 0.1) is 24.2 Å². The molecule has 0 atom stereocenters. The fourth-order valence-corrected chi connectivity index (χ4v) is 3.34. The molecular formula is C20H18ClN3O3S. The van der Waals surface area contributed by atoms with E-state index in [0.717, 1.165) is 22.9 Å². The van der Waals surface area contributed by atoms with Crippen molar-refractivity contribution >= 4 is 35.0 Å². The minimum absolute atomic E-state index is 0.0754. The minimum Gasteiger partial charge on any atom is -0.495 e. The summed E-state index contributed by atoms with van der Waals surface area (Å²) in [5.41, 5.74) is 2.48. The third-order valence-electron chi connectivity index (χ3n) is 3.88. The smallest absolute Gasteiger partial charge is 0.252 e. The van der Waals surface area contributed by atoms with Crippen LogP contribution in [0.25, 0.3) is 11.3 Å². The van der Waals surface area contributed by atoms with E-state index in [1.807, 2.05) is 37.3 Å². The molecule has 0 aliphatic heterocycles. The number of hydrogen-bond donors (Lipinski definition) is 2. The van der Waals surface area contributed by atoms with E-state index in [4.69, 9.17) is 16.3 Å². The molecule has 0 bridgehead atoms. The number of thioether (sulfide) groups is 1. The number of methoxy groups -OCH3 is 1. The maximum Gasteiger partial charge on any atom is 0.252 e. The molecule has 28 heavy (non-hydrogen) atoms. The number of nitrogens with zero attached hydrogens (tertiary/aromatic N) is 1. The van der Waals surface area contributed by atoms with E-state index in [-0.39, 0.29) is 17.2 Å². The standard InChI is InChI=1S/C20H18ClN3O3S/c1-12-8-16(17(27-2)9-14(12)21)22-19(26)11-28-20-23-15(10-18(25)24-20)13-6-4-3-5-7-13/h3-10H,11H2,1-2H3,(H,22,26)(H,23,24,25). The van der Waals surface area contributed by atoms with Crippen molar-refractivity contribution in [2.75, 3.05) is 18.2 Å². The molecule has 3 aromatic rings. The summed E-state index contributed by atoms with van der Waals surface area (Å²) in [6, 6.07) is 14.2. The number of halogens is 1. The van der Waals surface area contributed by atoms with Crippen molar-refractivity contribution in [2.45, 2.75) is 12.1 Å². The fourth-order valence-electron chi connectivity index (χ4n) is 2.51. The number of ether oxygens (including phenoxy) is 1. The molecule has 0 saturated heterocycles. The molecule has 144 valence electrons. The molecule has 1 aromatic heterocycles. The van der Waals surface area contributed by atoms with Crippen LogP contribution in [0.5, 0.6) is 5.75 Å². The van der Waals surface area contributed by atoms with Crippen LogP contribution in [-0.4, -0.2) is 28.7 Å². The van der Waals surface area contributed by atoms with Gasteiger partial charge in [0, 0.05) is 22.7 Å². The predicted molar refractivity (Wildman–Crippen MR) is 112 cm³/mol. The molecule has 0 aliphatic rings. The summed E-state index contributed by atoms with van der Waals surface area (Å²) in [5.74, 6) is 0.302. The molecule has 0 fully saturated rings. The van der Waals surface area contributed by atoms with Gasteiger partial charge >= 0.3 is 0 Å². The van der Waals surface area contributed by atoms with Gasteiger partial charge in [0.2, 0.25) is 5.91 Å². The Kier molecular flexibility index (Phi) is 6.38. The van der Waals surface area contributed by atoms with Gasteiger partial charge in [-0.25, -0.2) is 4.98 Å². The molecule has 1 amide bonds.